The SMILES string of the molecule is CC(C)CN(CC(C)C)C(=O)COC(=O)c1ccc(CS(C)(=O)=O)cc1. The quantitative estimate of drug-likeness (QED) is 0.612. The van der Waals surface area contributed by atoms with Gasteiger partial charge in [-0.2, -0.15) is 0 Å². The van der Waals surface area contributed by atoms with Gasteiger partial charge in [0, 0.05) is 19.3 Å². The van der Waals surface area contributed by atoms with Crippen LogP contribution < -0.4 is 0 Å². The third kappa shape index (κ3) is 8.47. The van der Waals surface area contributed by atoms with Gasteiger partial charge in [0.15, 0.2) is 16.4 Å². The molecule has 0 bridgehead atoms. The summed E-state index contributed by atoms with van der Waals surface area (Å²) in [5, 5.41) is 0. The van der Waals surface area contributed by atoms with Crippen LogP contribution in [-0.4, -0.2) is 51.1 Å². The Labute approximate surface area is 156 Å². The van der Waals surface area contributed by atoms with Crippen molar-refractivity contribution in [3.05, 3.63) is 35.4 Å². The van der Waals surface area contributed by atoms with Crippen LogP contribution in [0.3, 0.4) is 0 Å². The van der Waals surface area contributed by atoms with E-state index in [1.54, 1.807) is 17.0 Å². The lowest BCUT2D eigenvalue weighted by atomic mass is 10.1. The second kappa shape index (κ2) is 9.71. The highest BCUT2D eigenvalue weighted by molar-refractivity contribution is 7.89. The van der Waals surface area contributed by atoms with Crippen LogP contribution in [0.4, 0.5) is 0 Å². The first-order valence-electron chi connectivity index (χ1n) is 8.69. The van der Waals surface area contributed by atoms with Crippen LogP contribution in [0.5, 0.6) is 0 Å². The molecule has 0 unspecified atom stereocenters. The molecule has 0 aromatic heterocycles. The summed E-state index contributed by atoms with van der Waals surface area (Å²) < 4.78 is 27.7. The minimum absolute atomic E-state index is 0.0832. The van der Waals surface area contributed by atoms with Crippen molar-refractivity contribution in [3.63, 3.8) is 0 Å². The molecule has 0 radical (unpaired) electrons. The highest BCUT2D eigenvalue weighted by Gasteiger charge is 2.18. The molecule has 0 aliphatic heterocycles. The van der Waals surface area contributed by atoms with E-state index in [0.717, 1.165) is 6.26 Å². The minimum atomic E-state index is -3.13. The minimum Gasteiger partial charge on any atom is -0.452 e. The third-order valence-corrected chi connectivity index (χ3v) is 4.33. The maximum Gasteiger partial charge on any atom is 0.338 e. The molecular weight excluding hydrogens is 354 g/mol. The predicted molar refractivity (Wildman–Crippen MR) is 102 cm³/mol. The van der Waals surface area contributed by atoms with Crippen LogP contribution in [0.25, 0.3) is 0 Å². The van der Waals surface area contributed by atoms with Gasteiger partial charge in [0.05, 0.1) is 11.3 Å². The van der Waals surface area contributed by atoms with Crippen LogP contribution >= 0.6 is 0 Å². The van der Waals surface area contributed by atoms with E-state index in [1.807, 2.05) is 27.7 Å². The number of ether oxygens (including phenoxy) is 1. The average Bonchev–Trinajstić information content (AvgIpc) is 2.50. The van der Waals surface area contributed by atoms with Crippen LogP contribution in [0.2, 0.25) is 0 Å². The summed E-state index contributed by atoms with van der Waals surface area (Å²) in [5.41, 5.74) is 0.884. The fourth-order valence-electron chi connectivity index (χ4n) is 2.50. The summed E-state index contributed by atoms with van der Waals surface area (Å²) in [6.07, 6.45) is 1.15. The molecule has 0 fully saturated rings. The fraction of sp³-hybridized carbons (Fsp3) is 0.579. The van der Waals surface area contributed by atoms with Crippen LogP contribution in [0, 0.1) is 11.8 Å². The number of carbonyl (C=O) groups is 2. The number of esters is 1. The number of amides is 1. The highest BCUT2D eigenvalue weighted by atomic mass is 32.2. The first kappa shape index (κ1) is 22.2. The van der Waals surface area contributed by atoms with Gasteiger partial charge in [-0.15, -0.1) is 0 Å². The monoisotopic (exact) mass is 383 g/mol. The Kier molecular flexibility index (Phi) is 8.27. The van der Waals surface area contributed by atoms with Gasteiger partial charge in [-0.3, -0.25) is 4.79 Å². The standard InChI is InChI=1S/C19H29NO5S/c1-14(2)10-20(11-15(3)4)18(21)12-25-19(22)17-8-6-16(7-9-17)13-26(5,23)24/h6-9,14-15H,10-13H2,1-5H3. The van der Waals surface area contributed by atoms with E-state index in [9.17, 15) is 18.0 Å². The molecule has 7 heteroatoms. The number of nitrogens with zero attached hydrogens (tertiary/aromatic N) is 1. The molecule has 0 spiro atoms. The van der Waals surface area contributed by atoms with E-state index in [-0.39, 0.29) is 23.8 Å². The van der Waals surface area contributed by atoms with Crippen molar-refractivity contribution in [1.82, 2.24) is 4.90 Å². The van der Waals surface area contributed by atoms with E-state index in [1.165, 1.54) is 12.1 Å². The van der Waals surface area contributed by atoms with Crippen LogP contribution in [0.15, 0.2) is 24.3 Å². The zero-order chi connectivity index (χ0) is 19.9. The molecule has 0 atom stereocenters. The van der Waals surface area contributed by atoms with Crippen LogP contribution in [-0.2, 0) is 25.1 Å². The molecule has 1 rings (SSSR count). The van der Waals surface area contributed by atoms with Crippen molar-refractivity contribution in [1.29, 1.82) is 0 Å². The molecule has 1 amide bonds. The Morgan fingerprint density at radius 1 is 1.00 bits per heavy atom. The molecule has 146 valence electrons. The highest BCUT2D eigenvalue weighted by Crippen LogP contribution is 2.10. The second-order valence-corrected chi connectivity index (χ2v) is 9.57. The normalized spacial score (nSPS) is 11.7. The van der Waals surface area contributed by atoms with Crippen molar-refractivity contribution < 1.29 is 22.7 Å². The largest absolute Gasteiger partial charge is 0.452 e. The number of sulfone groups is 1. The lowest BCUT2D eigenvalue weighted by Crippen LogP contribution is -2.39. The zero-order valence-electron chi connectivity index (χ0n) is 16.2. The van der Waals surface area contributed by atoms with E-state index in [0.29, 0.717) is 30.5 Å². The van der Waals surface area contributed by atoms with Gasteiger partial charge < -0.3 is 9.64 Å². The topological polar surface area (TPSA) is 80.8 Å². The van der Waals surface area contributed by atoms with Gasteiger partial charge >= 0.3 is 5.97 Å². The molecule has 0 aliphatic carbocycles. The molecule has 0 saturated heterocycles. The van der Waals surface area contributed by atoms with E-state index < -0.39 is 15.8 Å². The third-order valence-electron chi connectivity index (χ3n) is 3.47. The molecule has 0 aliphatic rings. The lowest BCUT2D eigenvalue weighted by molar-refractivity contribution is -0.135. The lowest BCUT2D eigenvalue weighted by Gasteiger charge is -2.26. The summed E-state index contributed by atoms with van der Waals surface area (Å²) in [5.74, 6) is -0.237. The van der Waals surface area contributed by atoms with Crippen molar-refractivity contribution in [2.75, 3.05) is 26.0 Å². The molecule has 1 aromatic carbocycles. The zero-order valence-corrected chi connectivity index (χ0v) is 17.0. The molecule has 1 aromatic rings. The number of benzene rings is 1. The number of carbonyl (C=O) groups excluding carboxylic acids is 2. The van der Waals surface area contributed by atoms with Crippen molar-refractivity contribution >= 4 is 21.7 Å². The summed E-state index contributed by atoms with van der Waals surface area (Å²) in [7, 11) is -3.13. The van der Waals surface area contributed by atoms with Gasteiger partial charge in [0.2, 0.25) is 0 Å². The maximum absolute atomic E-state index is 12.3. The van der Waals surface area contributed by atoms with Crippen molar-refractivity contribution in [3.8, 4) is 0 Å². The Morgan fingerprint density at radius 3 is 1.92 bits per heavy atom. The Balaban J connectivity index is 2.65. The van der Waals surface area contributed by atoms with Gasteiger partial charge in [-0.05, 0) is 29.5 Å². The summed E-state index contributed by atoms with van der Waals surface area (Å²) in [6, 6.07) is 6.16. The molecule has 0 saturated carbocycles. The Morgan fingerprint density at radius 2 is 1.50 bits per heavy atom. The van der Waals surface area contributed by atoms with Gasteiger partial charge in [0.1, 0.15) is 0 Å². The van der Waals surface area contributed by atoms with E-state index in [2.05, 4.69) is 0 Å². The fourth-order valence-corrected chi connectivity index (χ4v) is 3.30. The van der Waals surface area contributed by atoms with Gasteiger partial charge in [-0.25, -0.2) is 13.2 Å². The Bertz CT molecular complexity index is 698. The maximum atomic E-state index is 12.3. The van der Waals surface area contributed by atoms with E-state index >= 15 is 0 Å². The first-order chi connectivity index (χ1) is 12.0. The summed E-state index contributed by atoms with van der Waals surface area (Å²) in [4.78, 5) is 26.2. The van der Waals surface area contributed by atoms with Crippen molar-refractivity contribution in [2.24, 2.45) is 11.8 Å². The van der Waals surface area contributed by atoms with Gasteiger partial charge in [-0.1, -0.05) is 39.8 Å². The molecule has 26 heavy (non-hydrogen) atoms. The summed E-state index contributed by atoms with van der Waals surface area (Å²) >= 11 is 0. The number of rotatable bonds is 9. The van der Waals surface area contributed by atoms with Crippen molar-refractivity contribution in [2.45, 2.75) is 33.4 Å². The molecular formula is C19H29NO5S. The predicted octanol–water partition coefficient (Wildman–Crippen LogP) is 2.53. The number of hydrogen-bond acceptors (Lipinski definition) is 5. The molecule has 6 nitrogen and oxygen atoms in total. The summed E-state index contributed by atoms with van der Waals surface area (Å²) in [6.45, 7) is 9.07. The average molecular weight is 384 g/mol. The number of hydrogen-bond donors (Lipinski definition) is 0. The molecule has 0 heterocycles. The van der Waals surface area contributed by atoms with E-state index in [4.69, 9.17) is 4.74 Å². The molecule has 0 N–H and O–H groups in total. The smallest absolute Gasteiger partial charge is 0.338 e. The Hall–Kier alpha value is -1.89. The van der Waals surface area contributed by atoms with Crippen LogP contribution in [0.1, 0.15) is 43.6 Å². The first-order valence-corrected chi connectivity index (χ1v) is 10.8. The second-order valence-electron chi connectivity index (χ2n) is 7.43. The van der Waals surface area contributed by atoms with Gasteiger partial charge in [0.25, 0.3) is 5.91 Å².